The minimum atomic E-state index is -0.375. The van der Waals surface area contributed by atoms with Crippen LogP contribution >= 0.6 is 11.8 Å². The first-order valence-electron chi connectivity index (χ1n) is 11.2. The van der Waals surface area contributed by atoms with E-state index >= 15 is 0 Å². The molecule has 0 spiro atoms. The predicted octanol–water partition coefficient (Wildman–Crippen LogP) is 3.18. The van der Waals surface area contributed by atoms with E-state index in [1.807, 2.05) is 25.1 Å². The number of hydrogen-bond donors (Lipinski definition) is 1. The molecule has 1 saturated heterocycles. The lowest BCUT2D eigenvalue weighted by Gasteiger charge is -2.32. The van der Waals surface area contributed by atoms with Crippen molar-refractivity contribution in [3.8, 4) is 0 Å². The van der Waals surface area contributed by atoms with Gasteiger partial charge in [0.05, 0.1) is 16.2 Å². The number of fused-ring (bicyclic) bond motifs is 1. The van der Waals surface area contributed by atoms with Crippen LogP contribution in [0.3, 0.4) is 0 Å². The smallest absolute Gasteiger partial charge is 0.262 e. The molecule has 2 amide bonds. The third kappa shape index (κ3) is 5.67. The van der Waals surface area contributed by atoms with Crippen molar-refractivity contribution in [2.75, 3.05) is 13.1 Å². The van der Waals surface area contributed by atoms with Gasteiger partial charge in [-0.25, -0.2) is 4.98 Å². The highest BCUT2D eigenvalue weighted by atomic mass is 32.2. The Hall–Kier alpha value is -2.35. The van der Waals surface area contributed by atoms with Gasteiger partial charge in [-0.2, -0.15) is 0 Å². The normalized spacial score (nSPS) is 15.9. The molecule has 168 valence electrons. The zero-order chi connectivity index (χ0) is 22.4. The molecular formula is C23H32N4O3S. The summed E-state index contributed by atoms with van der Waals surface area (Å²) in [5, 5.41) is 0.822. The van der Waals surface area contributed by atoms with Crippen LogP contribution < -0.4 is 11.3 Å². The number of nitrogens with zero attached hydrogens (tertiary/aromatic N) is 3. The minimum Gasteiger partial charge on any atom is -0.369 e. The molecule has 1 fully saturated rings. The first-order chi connectivity index (χ1) is 14.9. The number of unbranched alkanes of at least 4 members (excludes halogenated alkanes) is 3. The molecule has 1 aromatic carbocycles. The van der Waals surface area contributed by atoms with Gasteiger partial charge in [0.1, 0.15) is 0 Å². The van der Waals surface area contributed by atoms with Gasteiger partial charge in [-0.15, -0.1) is 0 Å². The van der Waals surface area contributed by atoms with E-state index in [9.17, 15) is 14.4 Å². The maximum Gasteiger partial charge on any atom is 0.262 e. The van der Waals surface area contributed by atoms with Crippen LogP contribution in [0.15, 0.2) is 34.2 Å². The van der Waals surface area contributed by atoms with Gasteiger partial charge in [0, 0.05) is 25.6 Å². The van der Waals surface area contributed by atoms with Crippen molar-refractivity contribution in [3.05, 3.63) is 34.6 Å². The van der Waals surface area contributed by atoms with Gasteiger partial charge in [-0.1, -0.05) is 50.1 Å². The van der Waals surface area contributed by atoms with E-state index in [2.05, 4.69) is 6.92 Å². The molecule has 31 heavy (non-hydrogen) atoms. The van der Waals surface area contributed by atoms with Crippen LogP contribution in [0.2, 0.25) is 0 Å². The predicted molar refractivity (Wildman–Crippen MR) is 124 cm³/mol. The second kappa shape index (κ2) is 10.8. The number of thioether (sulfide) groups is 1. The highest BCUT2D eigenvalue weighted by Crippen LogP contribution is 2.26. The van der Waals surface area contributed by atoms with Crippen LogP contribution in [-0.2, 0) is 16.1 Å². The number of benzene rings is 1. The number of primary amides is 1. The fourth-order valence-corrected chi connectivity index (χ4v) is 5.00. The number of likely N-dealkylation sites (tertiary alicyclic amines) is 1. The zero-order valence-electron chi connectivity index (χ0n) is 18.4. The van der Waals surface area contributed by atoms with Gasteiger partial charge >= 0.3 is 0 Å². The highest BCUT2D eigenvalue weighted by Gasteiger charge is 2.29. The summed E-state index contributed by atoms with van der Waals surface area (Å²) < 4.78 is 1.73. The number of carbonyl (C=O) groups is 2. The van der Waals surface area contributed by atoms with Crippen LogP contribution in [0, 0.1) is 5.92 Å². The quantitative estimate of drug-likeness (QED) is 0.364. The zero-order valence-corrected chi connectivity index (χ0v) is 19.2. The number of rotatable bonds is 9. The van der Waals surface area contributed by atoms with E-state index in [-0.39, 0.29) is 28.5 Å². The van der Waals surface area contributed by atoms with E-state index in [4.69, 9.17) is 10.7 Å². The van der Waals surface area contributed by atoms with Crippen LogP contribution in [0.4, 0.5) is 0 Å². The first-order valence-corrected chi connectivity index (χ1v) is 12.0. The maximum absolute atomic E-state index is 13.1. The molecule has 0 saturated carbocycles. The van der Waals surface area contributed by atoms with E-state index in [1.165, 1.54) is 11.8 Å². The Morgan fingerprint density at radius 3 is 2.58 bits per heavy atom. The van der Waals surface area contributed by atoms with Crippen molar-refractivity contribution in [1.82, 2.24) is 14.5 Å². The van der Waals surface area contributed by atoms with Crippen molar-refractivity contribution < 1.29 is 9.59 Å². The topological polar surface area (TPSA) is 98.3 Å². The third-order valence-electron chi connectivity index (χ3n) is 5.90. The summed E-state index contributed by atoms with van der Waals surface area (Å²) in [5.74, 6) is -0.433. The second-order valence-electron chi connectivity index (χ2n) is 8.19. The molecule has 1 aliphatic heterocycles. The van der Waals surface area contributed by atoms with Gasteiger partial charge < -0.3 is 10.6 Å². The van der Waals surface area contributed by atoms with E-state index < -0.39 is 0 Å². The van der Waals surface area contributed by atoms with E-state index in [0.717, 1.165) is 25.7 Å². The molecule has 8 heteroatoms. The van der Waals surface area contributed by atoms with E-state index in [0.29, 0.717) is 48.5 Å². The summed E-state index contributed by atoms with van der Waals surface area (Å²) >= 11 is 1.34. The summed E-state index contributed by atoms with van der Waals surface area (Å²) in [4.78, 5) is 44.1. The molecular weight excluding hydrogens is 412 g/mol. The molecule has 0 radical (unpaired) electrons. The van der Waals surface area contributed by atoms with Crippen LogP contribution in [0.1, 0.15) is 52.4 Å². The van der Waals surface area contributed by atoms with Crippen molar-refractivity contribution in [2.24, 2.45) is 11.7 Å². The number of piperidine rings is 1. The molecule has 0 aliphatic carbocycles. The fraction of sp³-hybridized carbons (Fsp3) is 0.565. The SMILES string of the molecule is CCCCCCn1c(SC(C)C(=O)N2CCC(C(N)=O)CC2)nc2ccccc2c1=O. The second-order valence-corrected chi connectivity index (χ2v) is 9.50. The molecule has 1 aromatic heterocycles. The monoisotopic (exact) mass is 444 g/mol. The number of amides is 2. The van der Waals surface area contributed by atoms with Crippen molar-refractivity contribution in [2.45, 2.75) is 69.3 Å². The molecule has 3 rings (SSSR count). The Kier molecular flexibility index (Phi) is 8.12. The molecule has 2 N–H and O–H groups in total. The number of hydrogen-bond acceptors (Lipinski definition) is 5. The Balaban J connectivity index is 1.78. The van der Waals surface area contributed by atoms with E-state index in [1.54, 1.807) is 15.5 Å². The molecule has 1 unspecified atom stereocenters. The largest absolute Gasteiger partial charge is 0.369 e. The lowest BCUT2D eigenvalue weighted by atomic mass is 9.96. The Labute approximate surface area is 187 Å². The van der Waals surface area contributed by atoms with Crippen LogP contribution in [0.5, 0.6) is 0 Å². The molecule has 2 aromatic rings. The Morgan fingerprint density at radius 1 is 1.19 bits per heavy atom. The molecule has 7 nitrogen and oxygen atoms in total. The van der Waals surface area contributed by atoms with Crippen molar-refractivity contribution in [3.63, 3.8) is 0 Å². The summed E-state index contributed by atoms with van der Waals surface area (Å²) in [6.07, 6.45) is 5.44. The Bertz CT molecular complexity index is 982. The van der Waals surface area contributed by atoms with Crippen LogP contribution in [-0.4, -0.2) is 44.6 Å². The van der Waals surface area contributed by atoms with Gasteiger partial charge in [-0.05, 0) is 38.3 Å². The fourth-order valence-electron chi connectivity index (χ4n) is 3.98. The Morgan fingerprint density at radius 2 is 1.90 bits per heavy atom. The highest BCUT2D eigenvalue weighted by molar-refractivity contribution is 8.00. The van der Waals surface area contributed by atoms with Crippen molar-refractivity contribution >= 4 is 34.5 Å². The van der Waals surface area contributed by atoms with Gasteiger partial charge in [0.15, 0.2) is 5.16 Å². The van der Waals surface area contributed by atoms with Gasteiger partial charge in [0.25, 0.3) is 5.56 Å². The summed E-state index contributed by atoms with van der Waals surface area (Å²) in [5.41, 5.74) is 6.00. The maximum atomic E-state index is 13.1. The lowest BCUT2D eigenvalue weighted by molar-refractivity contribution is -0.134. The summed E-state index contributed by atoms with van der Waals surface area (Å²) in [7, 11) is 0. The lowest BCUT2D eigenvalue weighted by Crippen LogP contribution is -2.44. The third-order valence-corrected chi connectivity index (χ3v) is 6.98. The van der Waals surface area contributed by atoms with Gasteiger partial charge in [0.2, 0.25) is 11.8 Å². The molecule has 1 aliphatic rings. The number of carbonyl (C=O) groups excluding carboxylic acids is 2. The average molecular weight is 445 g/mol. The number of para-hydroxylation sites is 1. The first kappa shape index (κ1) is 23.3. The standard InChI is InChI=1S/C23H32N4O3S/c1-3-4-5-8-13-27-22(30)18-9-6-7-10-19(18)25-23(27)31-16(2)21(29)26-14-11-17(12-15-26)20(24)28/h6-7,9-10,16-17H,3-5,8,11-15H2,1-2H3,(H2,24,28). The molecule has 2 heterocycles. The van der Waals surface area contributed by atoms with Crippen molar-refractivity contribution in [1.29, 1.82) is 0 Å². The molecule has 0 bridgehead atoms. The molecule has 1 atom stereocenters. The summed E-state index contributed by atoms with van der Waals surface area (Å²) in [6, 6.07) is 7.36. The number of nitrogens with two attached hydrogens (primary N) is 1. The summed E-state index contributed by atoms with van der Waals surface area (Å²) in [6.45, 7) is 5.68. The minimum absolute atomic E-state index is 0.00728. The van der Waals surface area contributed by atoms with Crippen LogP contribution in [0.25, 0.3) is 10.9 Å². The average Bonchev–Trinajstić information content (AvgIpc) is 2.78. The van der Waals surface area contributed by atoms with Gasteiger partial charge in [-0.3, -0.25) is 19.0 Å². The number of aromatic nitrogens is 2.